The molecule has 2 heterocycles. The Balaban J connectivity index is 1.62. The largest absolute Gasteiger partial charge is 0.487 e. The van der Waals surface area contributed by atoms with E-state index in [0.717, 1.165) is 17.4 Å². The second-order valence-corrected chi connectivity index (χ2v) is 11.1. The molecule has 36 heavy (non-hydrogen) atoms. The van der Waals surface area contributed by atoms with E-state index in [2.05, 4.69) is 0 Å². The Hall–Kier alpha value is -3.29. The molecule has 8 nitrogen and oxygen atoms in total. The number of amides is 1. The summed E-state index contributed by atoms with van der Waals surface area (Å²) in [4.78, 5) is 39.4. The van der Waals surface area contributed by atoms with Gasteiger partial charge in [0.15, 0.2) is 11.5 Å². The van der Waals surface area contributed by atoms with Gasteiger partial charge in [-0.3, -0.25) is 9.59 Å². The number of likely N-dealkylation sites (tertiary alicyclic amines) is 1. The number of benzene rings is 2. The molecule has 0 N–H and O–H groups in total. The van der Waals surface area contributed by atoms with Crippen LogP contribution < -0.4 is 14.2 Å². The number of nitrogens with zero attached hydrogens (tertiary/aromatic N) is 1. The van der Waals surface area contributed by atoms with E-state index in [1.807, 2.05) is 58.9 Å². The SMILES string of the molecule is CC(=O)Oc1c(OC(=O)C2CCN(C(=O)OC(C)(C)C)CC2)c2c(c3ccccc13)OC(C)(C)CC2. The van der Waals surface area contributed by atoms with Gasteiger partial charge in [-0.2, -0.15) is 0 Å². The molecule has 0 unspecified atom stereocenters. The fourth-order valence-electron chi connectivity index (χ4n) is 4.66. The molecule has 1 saturated heterocycles. The maximum atomic E-state index is 13.3. The van der Waals surface area contributed by atoms with Gasteiger partial charge in [-0.1, -0.05) is 24.3 Å². The first kappa shape index (κ1) is 25.8. The highest BCUT2D eigenvalue weighted by atomic mass is 16.6. The van der Waals surface area contributed by atoms with E-state index in [1.54, 1.807) is 4.90 Å². The lowest BCUT2D eigenvalue weighted by atomic mass is 9.90. The fraction of sp³-hybridized carbons (Fsp3) is 0.536. The molecule has 0 aliphatic carbocycles. The lowest BCUT2D eigenvalue weighted by Crippen LogP contribution is -2.43. The Labute approximate surface area is 211 Å². The Kier molecular flexibility index (Phi) is 6.90. The number of carbonyl (C=O) groups excluding carboxylic acids is 3. The summed E-state index contributed by atoms with van der Waals surface area (Å²) in [5.41, 5.74) is -0.232. The topological polar surface area (TPSA) is 91.4 Å². The lowest BCUT2D eigenvalue weighted by Gasteiger charge is -2.35. The Morgan fingerprint density at radius 2 is 1.64 bits per heavy atom. The third-order valence-electron chi connectivity index (χ3n) is 6.45. The van der Waals surface area contributed by atoms with E-state index in [-0.39, 0.29) is 23.2 Å². The fourth-order valence-corrected chi connectivity index (χ4v) is 4.66. The summed E-state index contributed by atoms with van der Waals surface area (Å²) in [6.07, 6.45) is 1.87. The molecule has 0 spiro atoms. The van der Waals surface area contributed by atoms with Crippen molar-refractivity contribution in [3.63, 3.8) is 0 Å². The van der Waals surface area contributed by atoms with Crippen molar-refractivity contribution < 1.29 is 33.3 Å². The van der Waals surface area contributed by atoms with E-state index in [0.29, 0.717) is 43.5 Å². The molecule has 194 valence electrons. The van der Waals surface area contributed by atoms with Crippen molar-refractivity contribution in [2.75, 3.05) is 13.1 Å². The first-order valence-electron chi connectivity index (χ1n) is 12.5. The highest BCUT2D eigenvalue weighted by Crippen LogP contribution is 2.50. The van der Waals surface area contributed by atoms with Gasteiger partial charge in [-0.15, -0.1) is 0 Å². The number of piperidine rings is 1. The van der Waals surface area contributed by atoms with Gasteiger partial charge in [0.05, 0.1) is 5.92 Å². The van der Waals surface area contributed by atoms with Crippen LogP contribution >= 0.6 is 0 Å². The van der Waals surface area contributed by atoms with Crippen molar-refractivity contribution in [1.82, 2.24) is 4.90 Å². The minimum absolute atomic E-state index is 0.236. The lowest BCUT2D eigenvalue weighted by molar-refractivity contribution is -0.141. The summed E-state index contributed by atoms with van der Waals surface area (Å²) in [5, 5.41) is 1.45. The van der Waals surface area contributed by atoms with Crippen LogP contribution in [0.15, 0.2) is 24.3 Å². The summed E-state index contributed by atoms with van der Waals surface area (Å²) < 4.78 is 23.4. The predicted molar refractivity (Wildman–Crippen MR) is 134 cm³/mol. The van der Waals surface area contributed by atoms with Gasteiger partial charge in [0.2, 0.25) is 0 Å². The number of carbonyl (C=O) groups is 3. The van der Waals surface area contributed by atoms with Crippen molar-refractivity contribution in [3.05, 3.63) is 29.8 Å². The quantitative estimate of drug-likeness (QED) is 0.413. The van der Waals surface area contributed by atoms with Crippen LogP contribution in [0.2, 0.25) is 0 Å². The number of ether oxygens (including phenoxy) is 4. The van der Waals surface area contributed by atoms with Crippen LogP contribution in [-0.2, 0) is 20.7 Å². The van der Waals surface area contributed by atoms with Crippen molar-refractivity contribution in [1.29, 1.82) is 0 Å². The van der Waals surface area contributed by atoms with E-state index in [4.69, 9.17) is 18.9 Å². The summed E-state index contributed by atoms with van der Waals surface area (Å²) in [6, 6.07) is 7.49. The van der Waals surface area contributed by atoms with Gasteiger partial charge in [0.1, 0.15) is 17.0 Å². The zero-order valence-electron chi connectivity index (χ0n) is 21.9. The Morgan fingerprint density at radius 1 is 1.00 bits per heavy atom. The van der Waals surface area contributed by atoms with E-state index in [9.17, 15) is 14.4 Å². The number of fused-ring (bicyclic) bond motifs is 3. The van der Waals surface area contributed by atoms with Crippen LogP contribution in [-0.4, -0.2) is 47.2 Å². The van der Waals surface area contributed by atoms with Gasteiger partial charge in [-0.05, 0) is 60.3 Å². The van der Waals surface area contributed by atoms with Crippen LogP contribution in [0.4, 0.5) is 4.79 Å². The number of rotatable bonds is 3. The first-order chi connectivity index (χ1) is 16.8. The number of hydrogen-bond acceptors (Lipinski definition) is 7. The first-order valence-corrected chi connectivity index (χ1v) is 12.5. The maximum absolute atomic E-state index is 13.3. The maximum Gasteiger partial charge on any atom is 0.410 e. The highest BCUT2D eigenvalue weighted by molar-refractivity contribution is 5.99. The summed E-state index contributed by atoms with van der Waals surface area (Å²) in [5.74, 6) is -0.166. The second kappa shape index (κ2) is 9.64. The summed E-state index contributed by atoms with van der Waals surface area (Å²) in [6.45, 7) is 11.6. The number of esters is 2. The van der Waals surface area contributed by atoms with Crippen LogP contribution in [0.3, 0.4) is 0 Å². The van der Waals surface area contributed by atoms with Gasteiger partial charge in [0.25, 0.3) is 0 Å². The molecule has 4 rings (SSSR count). The third kappa shape index (κ3) is 5.58. The molecule has 1 fully saturated rings. The van der Waals surface area contributed by atoms with Crippen LogP contribution in [0.25, 0.3) is 10.8 Å². The smallest absolute Gasteiger partial charge is 0.410 e. The van der Waals surface area contributed by atoms with Gasteiger partial charge >= 0.3 is 18.0 Å². The van der Waals surface area contributed by atoms with E-state index >= 15 is 0 Å². The molecule has 2 aromatic carbocycles. The summed E-state index contributed by atoms with van der Waals surface area (Å²) >= 11 is 0. The van der Waals surface area contributed by atoms with Crippen molar-refractivity contribution >= 4 is 28.8 Å². The molecule has 0 saturated carbocycles. The second-order valence-electron chi connectivity index (χ2n) is 11.1. The molecule has 2 aliphatic rings. The van der Waals surface area contributed by atoms with Crippen molar-refractivity contribution in [3.8, 4) is 17.2 Å². The highest BCUT2D eigenvalue weighted by Gasteiger charge is 2.36. The number of hydrogen-bond donors (Lipinski definition) is 0. The molecular formula is C28H35NO7. The normalized spacial score (nSPS) is 17.7. The van der Waals surface area contributed by atoms with E-state index < -0.39 is 23.5 Å². The van der Waals surface area contributed by atoms with Gasteiger partial charge < -0.3 is 23.8 Å². The average Bonchev–Trinajstić information content (AvgIpc) is 2.79. The molecule has 0 radical (unpaired) electrons. The third-order valence-corrected chi connectivity index (χ3v) is 6.45. The van der Waals surface area contributed by atoms with Crippen molar-refractivity contribution in [2.45, 2.75) is 78.4 Å². The molecule has 2 aliphatic heterocycles. The van der Waals surface area contributed by atoms with Crippen molar-refractivity contribution in [2.24, 2.45) is 5.92 Å². The monoisotopic (exact) mass is 497 g/mol. The molecule has 0 atom stereocenters. The average molecular weight is 498 g/mol. The molecule has 0 bridgehead atoms. The van der Waals surface area contributed by atoms with Gasteiger partial charge in [0, 0.05) is 36.3 Å². The van der Waals surface area contributed by atoms with Crippen LogP contribution in [0.5, 0.6) is 17.2 Å². The molecule has 2 aromatic rings. The molecule has 8 heteroatoms. The van der Waals surface area contributed by atoms with Crippen LogP contribution in [0.1, 0.15) is 66.4 Å². The Morgan fingerprint density at radius 3 is 2.25 bits per heavy atom. The standard InChI is InChI=1S/C28H35NO7/c1-17(30)33-23-20-10-8-7-9-19(20)22-21(11-14-28(5,6)35-22)24(23)34-25(31)18-12-15-29(16-13-18)26(32)36-27(2,3)4/h7-10,18H,11-16H2,1-6H3. The minimum atomic E-state index is -0.578. The zero-order chi connectivity index (χ0) is 26.3. The van der Waals surface area contributed by atoms with E-state index in [1.165, 1.54) is 6.92 Å². The van der Waals surface area contributed by atoms with Gasteiger partial charge in [-0.25, -0.2) is 4.79 Å². The molecular weight excluding hydrogens is 462 g/mol. The molecule has 1 amide bonds. The predicted octanol–water partition coefficient (Wildman–Crippen LogP) is 5.42. The Bertz CT molecular complexity index is 1190. The molecule has 0 aromatic heterocycles. The zero-order valence-corrected chi connectivity index (χ0v) is 21.9. The summed E-state index contributed by atoms with van der Waals surface area (Å²) in [7, 11) is 0. The minimum Gasteiger partial charge on any atom is -0.487 e. The van der Waals surface area contributed by atoms with Crippen LogP contribution in [0, 0.1) is 5.92 Å².